The van der Waals surface area contributed by atoms with Gasteiger partial charge in [0.2, 0.25) is 0 Å². The summed E-state index contributed by atoms with van der Waals surface area (Å²) in [6.07, 6.45) is 1.39. The second-order valence-electron chi connectivity index (χ2n) is 7.33. The topological polar surface area (TPSA) is 125 Å². The molecular weight excluding hydrogens is 717 g/mol. The first-order chi connectivity index (χ1) is 14.2. The number of benzene rings is 2. The van der Waals surface area contributed by atoms with E-state index in [0.29, 0.717) is 22.0 Å². The standard InChI is InChI=1S/C12H12BrFO2.C10H8BrFO2.2CH4.Li.2H2O.4H2S/c1-2-16-12(15)9-6-8(9)7-3-4-10(13)11(14)5-7;11-8-2-1-5(3-9(8)12)6-4-7(6)10(13)14;;;;;;;;;/h3-5,8-9H,2,6H2,1H3;1-3,6-7H,4H2,(H,13,14);2*1H4;;6*1H2/q;;;;+1;;;;;;/p-1/t8-,9+;6-,7+;;;;;;;;;/m11........./s1. The first kappa shape index (κ1) is 55.1. The molecule has 0 amide bonds. The Hall–Kier alpha value is 0.117. The van der Waals surface area contributed by atoms with Gasteiger partial charge in [-0.25, -0.2) is 8.78 Å². The monoisotopic (exact) mass is 754 g/mol. The van der Waals surface area contributed by atoms with Gasteiger partial charge in [-0.3, -0.25) is 9.59 Å². The van der Waals surface area contributed by atoms with E-state index in [1.54, 1.807) is 25.1 Å². The van der Waals surface area contributed by atoms with Gasteiger partial charge in [-0.15, -0.1) is 0 Å². The van der Waals surface area contributed by atoms with Crippen molar-refractivity contribution in [3.63, 3.8) is 0 Å². The average molecular weight is 757 g/mol. The third-order valence-corrected chi connectivity index (χ3v) is 6.52. The third-order valence-electron chi connectivity index (χ3n) is 5.23. The van der Waals surface area contributed by atoms with Crippen molar-refractivity contribution < 1.29 is 58.0 Å². The fourth-order valence-corrected chi connectivity index (χ4v) is 3.89. The Morgan fingerprint density at radius 2 is 1.23 bits per heavy atom. The summed E-state index contributed by atoms with van der Waals surface area (Å²) < 4.78 is 32.2. The molecule has 0 heterocycles. The summed E-state index contributed by atoms with van der Waals surface area (Å²) in [5.41, 5.74) is 1.65. The van der Waals surface area contributed by atoms with Crippen LogP contribution in [0.15, 0.2) is 45.3 Å². The largest absolute Gasteiger partial charge is 1.00 e. The molecule has 2 aromatic carbocycles. The van der Waals surface area contributed by atoms with Crippen LogP contribution in [0.4, 0.5) is 8.78 Å². The van der Waals surface area contributed by atoms with E-state index >= 15 is 0 Å². The van der Waals surface area contributed by atoms with Crippen molar-refractivity contribution in [2.24, 2.45) is 11.8 Å². The van der Waals surface area contributed by atoms with Crippen LogP contribution >= 0.6 is 85.8 Å². The molecule has 0 unspecified atom stereocenters. The van der Waals surface area contributed by atoms with Crippen LogP contribution in [-0.4, -0.2) is 34.6 Å². The van der Waals surface area contributed by atoms with E-state index in [0.717, 1.165) is 17.5 Å². The molecule has 6 nitrogen and oxygen atoms in total. The second kappa shape index (κ2) is 24.7. The van der Waals surface area contributed by atoms with Crippen molar-refractivity contribution >= 4 is 97.8 Å². The Kier molecular flexibility index (Phi) is 34.9. The summed E-state index contributed by atoms with van der Waals surface area (Å²) in [4.78, 5) is 22.0. The molecule has 0 aliphatic heterocycles. The van der Waals surface area contributed by atoms with Gasteiger partial charge in [-0.1, -0.05) is 27.0 Å². The molecule has 2 aliphatic rings. The Bertz CT molecular complexity index is 998. The molecule has 224 valence electrons. The quantitative estimate of drug-likeness (QED) is 0.368. The molecule has 2 saturated carbocycles. The number of carbonyl (C=O) groups is 2. The van der Waals surface area contributed by atoms with Crippen LogP contribution in [-0.2, 0) is 14.3 Å². The van der Waals surface area contributed by atoms with Crippen molar-refractivity contribution in [1.82, 2.24) is 0 Å². The maximum Gasteiger partial charge on any atom is 1.00 e. The van der Waals surface area contributed by atoms with Crippen LogP contribution in [0.3, 0.4) is 0 Å². The van der Waals surface area contributed by atoms with Crippen LogP contribution < -0.4 is 18.9 Å². The maximum atomic E-state index is 13.3. The van der Waals surface area contributed by atoms with E-state index < -0.39 is 5.97 Å². The van der Waals surface area contributed by atoms with Gasteiger partial charge >= 0.3 is 30.8 Å². The molecule has 0 radical (unpaired) electrons. The summed E-state index contributed by atoms with van der Waals surface area (Å²) in [5.74, 6) is -1.87. The van der Waals surface area contributed by atoms with Gasteiger partial charge in [0, 0.05) is 0 Å². The van der Waals surface area contributed by atoms with E-state index in [-0.39, 0.29) is 140 Å². The Morgan fingerprint density at radius 1 is 0.872 bits per heavy atom. The molecule has 0 aromatic heterocycles. The van der Waals surface area contributed by atoms with E-state index in [1.165, 1.54) is 12.1 Å². The van der Waals surface area contributed by atoms with Crippen LogP contribution in [0.2, 0.25) is 0 Å². The van der Waals surface area contributed by atoms with Crippen molar-refractivity contribution in [3.8, 4) is 0 Å². The van der Waals surface area contributed by atoms with Gasteiger partial charge < -0.3 is 20.8 Å². The summed E-state index contributed by atoms with van der Waals surface area (Å²) in [6, 6.07) is 9.77. The first-order valence-corrected chi connectivity index (χ1v) is 11.1. The van der Waals surface area contributed by atoms with Crippen molar-refractivity contribution in [1.29, 1.82) is 0 Å². The molecule has 2 aromatic rings. The van der Waals surface area contributed by atoms with Gasteiger partial charge in [0.1, 0.15) is 11.6 Å². The van der Waals surface area contributed by atoms with Gasteiger partial charge in [0.15, 0.2) is 0 Å². The normalized spacial score (nSPS) is 18.3. The van der Waals surface area contributed by atoms with Crippen LogP contribution in [0, 0.1) is 23.5 Å². The third kappa shape index (κ3) is 15.2. The van der Waals surface area contributed by atoms with E-state index in [2.05, 4.69) is 31.9 Å². The van der Waals surface area contributed by atoms with Crippen molar-refractivity contribution in [3.05, 3.63) is 68.1 Å². The minimum atomic E-state index is -0.793. The Morgan fingerprint density at radius 3 is 1.54 bits per heavy atom. The number of hydrogen-bond donors (Lipinski definition) is 1. The fraction of sp³-hybridized carbons (Fsp3) is 0.417. The number of esters is 1. The van der Waals surface area contributed by atoms with Crippen LogP contribution in [0.1, 0.15) is 57.6 Å². The molecule has 2 aliphatic carbocycles. The molecule has 2 fully saturated rings. The van der Waals surface area contributed by atoms with E-state index in [1.807, 2.05) is 6.07 Å². The molecule has 39 heavy (non-hydrogen) atoms. The summed E-state index contributed by atoms with van der Waals surface area (Å²) in [7, 11) is 0. The predicted octanol–water partition coefficient (Wildman–Crippen LogP) is 3.76. The molecule has 4 atom stereocenters. The molecule has 15 heteroatoms. The second-order valence-corrected chi connectivity index (χ2v) is 9.04. The predicted molar refractivity (Wildman–Crippen MR) is 175 cm³/mol. The minimum absolute atomic E-state index is 0. The molecule has 0 saturated heterocycles. The number of halogens is 4. The number of aliphatic carboxylic acids is 1. The zero-order valence-electron chi connectivity index (χ0n) is 20.0. The Labute approximate surface area is 286 Å². The van der Waals surface area contributed by atoms with Gasteiger partial charge in [-0.05, 0) is 98.9 Å². The Balaban J connectivity index is -0.0000000857. The SMILES string of the molecule is C.C.CCOC(=O)[C@H]1C[C@@H]1c1ccc(Br)c(F)c1.O.O=C(O)[C@H]1C[C@@H]1c1ccc(Br)c(F)c1.S.S.S.S.[Li+].[OH-]. The average Bonchev–Trinajstić information content (AvgIpc) is 3.60. The van der Waals surface area contributed by atoms with Gasteiger partial charge in [-0.2, -0.15) is 54.0 Å². The van der Waals surface area contributed by atoms with E-state index in [9.17, 15) is 18.4 Å². The number of ether oxygens (including phenoxy) is 1. The van der Waals surface area contributed by atoms with Gasteiger partial charge in [0.25, 0.3) is 0 Å². The van der Waals surface area contributed by atoms with Gasteiger partial charge in [0.05, 0.1) is 27.4 Å². The first-order valence-electron chi connectivity index (χ1n) is 9.52. The van der Waals surface area contributed by atoms with Crippen LogP contribution in [0.25, 0.3) is 0 Å². The number of carboxylic acids is 1. The molecule has 0 spiro atoms. The number of hydrogen-bond acceptors (Lipinski definition) is 4. The summed E-state index contributed by atoms with van der Waals surface area (Å²) in [5, 5.41) is 8.71. The van der Waals surface area contributed by atoms with Crippen molar-refractivity contribution in [2.45, 2.75) is 46.5 Å². The zero-order valence-corrected chi connectivity index (χ0v) is 27.2. The minimum Gasteiger partial charge on any atom is -0.870 e. The van der Waals surface area contributed by atoms with E-state index in [4.69, 9.17) is 9.84 Å². The number of carboxylic acid groups (broad SMARTS) is 1. The molecule has 0 bridgehead atoms. The number of rotatable bonds is 5. The summed E-state index contributed by atoms with van der Waals surface area (Å²) in [6.45, 7) is 2.19. The maximum absolute atomic E-state index is 13.3. The molecular formula is C24H39Br2F2LiO6S4. The fourth-order valence-electron chi connectivity index (χ4n) is 3.40. The molecule has 4 rings (SSSR count). The zero-order chi connectivity index (χ0) is 22.0. The summed E-state index contributed by atoms with van der Waals surface area (Å²) >= 11 is 6.15. The smallest absolute Gasteiger partial charge is 0.870 e. The number of carbonyl (C=O) groups excluding carboxylic acids is 1. The van der Waals surface area contributed by atoms with Crippen molar-refractivity contribution in [2.75, 3.05) is 6.61 Å². The molecule has 4 N–H and O–H groups in total. The van der Waals surface area contributed by atoms with Crippen LogP contribution in [0.5, 0.6) is 0 Å².